The molecule has 0 spiro atoms. The number of nitro groups is 1. The molecule has 0 amide bonds. The lowest BCUT2D eigenvalue weighted by atomic mass is 10.1. The van der Waals surface area contributed by atoms with Crippen molar-refractivity contribution in [2.45, 2.75) is 5.75 Å². The molecule has 0 aliphatic rings. The van der Waals surface area contributed by atoms with Crippen molar-refractivity contribution < 1.29 is 13.3 Å². The fraction of sp³-hybridized carbons (Fsp3) is 0.125. The summed E-state index contributed by atoms with van der Waals surface area (Å²) in [5, 5.41) is 19.2. The number of hydrogen-bond donors (Lipinski definition) is 1. The van der Waals surface area contributed by atoms with E-state index in [-0.39, 0.29) is 22.6 Å². The summed E-state index contributed by atoms with van der Waals surface area (Å²) in [6.07, 6.45) is 0. The van der Waals surface area contributed by atoms with Crippen LogP contribution < -0.4 is 0 Å². The van der Waals surface area contributed by atoms with Crippen LogP contribution in [0.25, 0.3) is 0 Å². The molecule has 6 nitrogen and oxygen atoms in total. The first-order valence-corrected chi connectivity index (χ1v) is 5.20. The summed E-state index contributed by atoms with van der Waals surface area (Å²) in [6, 6.07) is 5.55. The molecule has 0 radical (unpaired) electrons. The molecule has 0 N–H and O–H groups in total. The van der Waals surface area contributed by atoms with Crippen molar-refractivity contribution >= 4 is 16.4 Å². The second-order valence-corrected chi connectivity index (χ2v) is 3.65. The van der Waals surface area contributed by atoms with E-state index >= 15 is 0 Å². The maximum atomic E-state index is 10.5. The first kappa shape index (κ1) is 11.1. The minimum absolute atomic E-state index is 0.155. The van der Waals surface area contributed by atoms with Crippen LogP contribution in [0.5, 0.6) is 0 Å². The van der Waals surface area contributed by atoms with E-state index in [1.54, 1.807) is 6.07 Å². The van der Waals surface area contributed by atoms with Gasteiger partial charge in [-0.2, -0.15) is 5.26 Å². The number of rotatable bonds is 3. The van der Waals surface area contributed by atoms with Crippen LogP contribution in [0.1, 0.15) is 11.1 Å². The molecule has 78 valence electrons. The normalized spacial score (nSPS) is 9.87. The van der Waals surface area contributed by atoms with Gasteiger partial charge in [0.1, 0.15) is 22.3 Å². The SMILES string of the molecule is N#Cc1c(C[SH](=O)=O)cccc1[N+](=O)[O-]. The van der Waals surface area contributed by atoms with Crippen LogP contribution in [0.4, 0.5) is 5.69 Å². The van der Waals surface area contributed by atoms with Crippen molar-refractivity contribution in [3.8, 4) is 6.07 Å². The van der Waals surface area contributed by atoms with Crippen molar-refractivity contribution in [2.24, 2.45) is 0 Å². The Kier molecular flexibility index (Phi) is 3.36. The molecule has 0 aliphatic carbocycles. The van der Waals surface area contributed by atoms with Crippen LogP contribution in [0.3, 0.4) is 0 Å². The Morgan fingerprint density at radius 3 is 2.60 bits per heavy atom. The Morgan fingerprint density at radius 1 is 1.47 bits per heavy atom. The number of nitro benzene ring substituents is 1. The molecule has 0 unspecified atom stereocenters. The first-order valence-electron chi connectivity index (χ1n) is 3.84. The highest BCUT2D eigenvalue weighted by Gasteiger charge is 2.16. The molecule has 0 aliphatic heterocycles. The van der Waals surface area contributed by atoms with Crippen LogP contribution in [0, 0.1) is 21.4 Å². The van der Waals surface area contributed by atoms with Gasteiger partial charge in [-0.25, -0.2) is 8.42 Å². The average Bonchev–Trinajstić information content (AvgIpc) is 2.16. The number of benzene rings is 1. The van der Waals surface area contributed by atoms with E-state index in [2.05, 4.69) is 0 Å². The maximum Gasteiger partial charge on any atom is 0.287 e. The topological polar surface area (TPSA) is 101 Å². The lowest BCUT2D eigenvalue weighted by Crippen LogP contribution is -1.98. The zero-order valence-corrected chi connectivity index (χ0v) is 8.31. The lowest BCUT2D eigenvalue weighted by Gasteiger charge is -1.99. The van der Waals surface area contributed by atoms with E-state index in [1.807, 2.05) is 0 Å². The second-order valence-electron chi connectivity index (χ2n) is 2.67. The maximum absolute atomic E-state index is 10.5. The van der Waals surface area contributed by atoms with Gasteiger partial charge < -0.3 is 0 Å². The largest absolute Gasteiger partial charge is 0.287 e. The molecule has 0 saturated carbocycles. The van der Waals surface area contributed by atoms with Crippen molar-refractivity contribution in [3.63, 3.8) is 0 Å². The highest BCUT2D eigenvalue weighted by Crippen LogP contribution is 2.21. The van der Waals surface area contributed by atoms with Crippen LogP contribution >= 0.6 is 0 Å². The fourth-order valence-corrected chi connectivity index (χ4v) is 1.68. The quantitative estimate of drug-likeness (QED) is 0.461. The first-order chi connectivity index (χ1) is 7.06. The van der Waals surface area contributed by atoms with Gasteiger partial charge >= 0.3 is 0 Å². The molecular weight excluding hydrogens is 220 g/mol. The van der Waals surface area contributed by atoms with Gasteiger partial charge in [0, 0.05) is 6.07 Å². The Morgan fingerprint density at radius 2 is 2.13 bits per heavy atom. The molecule has 7 heteroatoms. The van der Waals surface area contributed by atoms with Gasteiger partial charge in [0.25, 0.3) is 5.69 Å². The second kappa shape index (κ2) is 4.52. The van der Waals surface area contributed by atoms with Crippen molar-refractivity contribution in [2.75, 3.05) is 0 Å². The van der Waals surface area contributed by atoms with E-state index in [4.69, 9.17) is 5.26 Å². The van der Waals surface area contributed by atoms with Crippen LogP contribution in [0.2, 0.25) is 0 Å². The van der Waals surface area contributed by atoms with Gasteiger partial charge in [-0.15, -0.1) is 0 Å². The van der Waals surface area contributed by atoms with E-state index in [0.29, 0.717) is 0 Å². The third-order valence-electron chi connectivity index (χ3n) is 1.74. The van der Waals surface area contributed by atoms with Gasteiger partial charge in [0.05, 0.1) is 10.7 Å². The highest BCUT2D eigenvalue weighted by molar-refractivity contribution is 7.71. The summed E-state index contributed by atoms with van der Waals surface area (Å²) >= 11 is 0. The summed E-state index contributed by atoms with van der Waals surface area (Å²) in [5.74, 6) is -0.361. The molecular formula is C8H6N2O4S. The third kappa shape index (κ3) is 2.51. The van der Waals surface area contributed by atoms with Gasteiger partial charge in [-0.05, 0) is 5.56 Å². The van der Waals surface area contributed by atoms with Crippen LogP contribution in [-0.4, -0.2) is 13.3 Å². The van der Waals surface area contributed by atoms with E-state index in [9.17, 15) is 18.5 Å². The van der Waals surface area contributed by atoms with Crippen molar-refractivity contribution in [1.29, 1.82) is 5.26 Å². The Bertz CT molecular complexity index is 508. The molecule has 1 aromatic rings. The van der Waals surface area contributed by atoms with Crippen molar-refractivity contribution in [1.82, 2.24) is 0 Å². The molecule has 0 aromatic heterocycles. The van der Waals surface area contributed by atoms with E-state index in [0.717, 1.165) is 0 Å². The number of nitriles is 1. The average molecular weight is 226 g/mol. The molecule has 15 heavy (non-hydrogen) atoms. The predicted molar refractivity (Wildman–Crippen MR) is 51.8 cm³/mol. The zero-order valence-electron chi connectivity index (χ0n) is 7.41. The number of hydrogen-bond acceptors (Lipinski definition) is 5. The van der Waals surface area contributed by atoms with Crippen LogP contribution in [-0.2, 0) is 16.5 Å². The van der Waals surface area contributed by atoms with Gasteiger partial charge in [-0.3, -0.25) is 10.1 Å². The minimum atomic E-state index is -2.70. The summed E-state index contributed by atoms with van der Waals surface area (Å²) < 4.78 is 21.0. The summed E-state index contributed by atoms with van der Waals surface area (Å²) in [4.78, 5) is 9.81. The molecule has 0 atom stereocenters. The third-order valence-corrected chi connectivity index (χ3v) is 2.34. The zero-order chi connectivity index (χ0) is 11.4. The summed E-state index contributed by atoms with van der Waals surface area (Å²) in [5.41, 5.74) is -0.406. The minimum Gasteiger partial charge on any atom is -0.258 e. The molecule has 0 fully saturated rings. The Balaban J connectivity index is 3.36. The van der Waals surface area contributed by atoms with E-state index < -0.39 is 15.6 Å². The molecule has 0 saturated heterocycles. The Hall–Kier alpha value is -1.94. The van der Waals surface area contributed by atoms with Crippen molar-refractivity contribution in [3.05, 3.63) is 39.4 Å². The van der Waals surface area contributed by atoms with Gasteiger partial charge in [-0.1, -0.05) is 12.1 Å². The smallest absolute Gasteiger partial charge is 0.258 e. The Labute approximate surface area is 86.9 Å². The fourth-order valence-electron chi connectivity index (χ4n) is 1.14. The standard InChI is InChI=1S/C8H6N2O4S/c9-4-7-6(5-15(13)14)2-1-3-8(7)10(11)12/h1-3,15H,5H2. The highest BCUT2D eigenvalue weighted by atomic mass is 32.2. The number of thiol groups is 1. The van der Waals surface area contributed by atoms with Gasteiger partial charge in [0.2, 0.25) is 0 Å². The number of nitrogens with zero attached hydrogens (tertiary/aromatic N) is 2. The molecule has 0 bridgehead atoms. The summed E-state index contributed by atoms with van der Waals surface area (Å²) in [7, 11) is -2.70. The van der Waals surface area contributed by atoms with Crippen LogP contribution in [0.15, 0.2) is 18.2 Å². The monoisotopic (exact) mass is 226 g/mol. The molecule has 1 aromatic carbocycles. The van der Waals surface area contributed by atoms with E-state index in [1.165, 1.54) is 18.2 Å². The van der Waals surface area contributed by atoms with Gasteiger partial charge in [0.15, 0.2) is 0 Å². The lowest BCUT2D eigenvalue weighted by molar-refractivity contribution is -0.385. The predicted octanol–water partition coefficient (Wildman–Crippen LogP) is 0.578. The summed E-state index contributed by atoms with van der Waals surface area (Å²) in [6.45, 7) is 0. The molecule has 1 rings (SSSR count). The molecule has 0 heterocycles.